The molecule has 2 amide bonds. The summed E-state index contributed by atoms with van der Waals surface area (Å²) >= 11 is 0. The van der Waals surface area contributed by atoms with E-state index in [0.29, 0.717) is 30.8 Å². The number of sulfone groups is 2. The molecule has 0 unspecified atom stereocenters. The van der Waals surface area contributed by atoms with Crippen LogP contribution in [0.2, 0.25) is 0 Å². The number of rotatable bonds is 16. The number of nitrogens with zero attached hydrogens (tertiary/aromatic N) is 4. The molecule has 16 nitrogen and oxygen atoms in total. The lowest BCUT2D eigenvalue weighted by atomic mass is 9.87. The van der Waals surface area contributed by atoms with E-state index in [1.54, 1.807) is 6.92 Å². The molecule has 18 heteroatoms. The average Bonchev–Trinajstić information content (AvgIpc) is 4.00. The Hall–Kier alpha value is -5.36. The summed E-state index contributed by atoms with van der Waals surface area (Å²) in [4.78, 5) is 59.3. The second-order valence-electron chi connectivity index (χ2n) is 16.7. The number of hydrogen-bond acceptors (Lipinski definition) is 12. The highest BCUT2D eigenvalue weighted by Gasteiger charge is 2.32. The van der Waals surface area contributed by atoms with Gasteiger partial charge < -0.3 is 31.2 Å². The Morgan fingerprint density at radius 3 is 1.74 bits per heavy atom. The maximum Gasteiger partial charge on any atom is 0.275 e. The molecule has 336 valence electrons. The summed E-state index contributed by atoms with van der Waals surface area (Å²) in [6.45, 7) is 13.2. The Morgan fingerprint density at radius 2 is 1.21 bits per heavy atom. The molecule has 0 bridgehead atoms. The molecule has 0 spiro atoms. The van der Waals surface area contributed by atoms with Gasteiger partial charge in [0, 0.05) is 47.3 Å². The van der Waals surface area contributed by atoms with Crippen molar-refractivity contribution in [1.82, 2.24) is 29.7 Å². The molecule has 4 heterocycles. The molecule has 2 fully saturated rings. The van der Waals surface area contributed by atoms with Crippen molar-refractivity contribution in [3.63, 3.8) is 0 Å². The number of nitrogens with two attached hydrogens (primary N) is 2. The van der Waals surface area contributed by atoms with Crippen LogP contribution < -0.4 is 33.2 Å². The number of hydrogen-bond donors (Lipinski definition) is 4. The average molecular weight is 893 g/mol. The molecule has 6 rings (SSSR count). The molecule has 0 aliphatic heterocycles. The molecule has 0 saturated heterocycles. The molecule has 0 aromatic carbocycles. The van der Waals surface area contributed by atoms with Crippen molar-refractivity contribution in [2.45, 2.75) is 129 Å². The van der Waals surface area contributed by atoms with Gasteiger partial charge in [-0.2, -0.15) is 0 Å². The molecule has 2 aliphatic carbocycles. The van der Waals surface area contributed by atoms with E-state index in [1.807, 2.05) is 59.7 Å². The normalized spacial score (nSPS) is 14.1. The number of carbonyl (C=O) groups is 2. The maximum atomic E-state index is 12.9. The molecule has 2 saturated carbocycles. The van der Waals surface area contributed by atoms with E-state index in [1.165, 1.54) is 21.3 Å². The molecule has 6 N–H and O–H groups in total. The minimum absolute atomic E-state index is 0.00390. The van der Waals surface area contributed by atoms with Gasteiger partial charge in [0.1, 0.15) is 24.5 Å². The van der Waals surface area contributed by atoms with Gasteiger partial charge in [-0.1, -0.05) is 31.9 Å². The summed E-state index contributed by atoms with van der Waals surface area (Å²) in [6, 6.07) is 8.63. The zero-order chi connectivity index (χ0) is 45.7. The zero-order valence-electron chi connectivity index (χ0n) is 36.8. The summed E-state index contributed by atoms with van der Waals surface area (Å²) in [5, 5.41) is 5.60. The van der Waals surface area contributed by atoms with E-state index in [-0.39, 0.29) is 76.0 Å². The van der Waals surface area contributed by atoms with Crippen molar-refractivity contribution in [2.24, 2.45) is 11.8 Å². The predicted molar refractivity (Wildman–Crippen MR) is 239 cm³/mol. The van der Waals surface area contributed by atoms with Crippen LogP contribution in [0.3, 0.4) is 0 Å². The Morgan fingerprint density at radius 1 is 0.694 bits per heavy atom. The Balaban J connectivity index is 0.000000234. The van der Waals surface area contributed by atoms with Crippen LogP contribution in [-0.2, 0) is 61.9 Å². The number of amides is 2. The molecule has 4 aromatic heterocycles. The summed E-state index contributed by atoms with van der Waals surface area (Å²) in [6.07, 6.45) is 5.72. The number of carbonyl (C=O) groups excluding carboxylic acids is 2. The predicted octanol–water partition coefficient (Wildman–Crippen LogP) is 3.84. The quantitative estimate of drug-likeness (QED) is 0.125. The van der Waals surface area contributed by atoms with Crippen molar-refractivity contribution in [2.75, 3.05) is 23.0 Å². The van der Waals surface area contributed by atoms with Crippen LogP contribution in [0.15, 0.2) is 49.7 Å². The standard InChI is InChI=1S/2C22H30N4O4S/c1-13-8-18(16(4)25-15(13)3)10-24-20(27)11-26-14(2)9-19(21(23)22(26)28)31(29,30)12-17-6-5-7-17;1-4-5-18-10-19(31(29,30)13-16-7-8-16)21(23)22(28)26(18)12-20(27)24-11-17-9-6-14(2)25-15(17)3/h8-9,17H,5-7,10-12,23H2,1-4H3,(H,24,27);6,9-10,16H,4-5,7-8,11-13,23H2,1-3H3,(H,24,27). The third kappa shape index (κ3) is 11.8. The number of nitrogen functional groups attached to an aromatic ring is 2. The van der Waals surface area contributed by atoms with Gasteiger partial charge in [0.15, 0.2) is 19.7 Å². The van der Waals surface area contributed by atoms with Crippen LogP contribution in [0.25, 0.3) is 0 Å². The van der Waals surface area contributed by atoms with Gasteiger partial charge >= 0.3 is 0 Å². The molecular formula is C44H60N8O8S2. The number of anilines is 2. The molecule has 0 radical (unpaired) electrons. The van der Waals surface area contributed by atoms with Crippen molar-refractivity contribution >= 4 is 42.9 Å². The SMILES string of the molecule is CCCc1cc(S(=O)(=O)CC2CC2)c(N)c(=O)n1CC(=O)NCc1ccc(C)nc1C.Cc1cc(CNC(=O)Cn2c(C)cc(S(=O)(=O)CC3CCC3)c(N)c2=O)c(C)nc1C. The van der Waals surface area contributed by atoms with Gasteiger partial charge in [0.05, 0.1) is 21.3 Å². The third-order valence-corrected chi connectivity index (χ3v) is 15.4. The molecule has 4 aromatic rings. The van der Waals surface area contributed by atoms with Crippen molar-refractivity contribution < 1.29 is 26.4 Å². The van der Waals surface area contributed by atoms with Crippen LogP contribution >= 0.6 is 0 Å². The third-order valence-electron chi connectivity index (χ3n) is 11.6. The minimum Gasteiger partial charge on any atom is -0.393 e. The Bertz CT molecular complexity index is 2700. The number of aryl methyl sites for hydroxylation is 7. The van der Waals surface area contributed by atoms with Crippen LogP contribution in [0.4, 0.5) is 11.4 Å². The fraction of sp³-hybridized carbons (Fsp3) is 0.500. The highest BCUT2D eigenvalue weighted by atomic mass is 32.2. The van der Waals surface area contributed by atoms with Crippen LogP contribution in [0.5, 0.6) is 0 Å². The lowest BCUT2D eigenvalue weighted by molar-refractivity contribution is -0.122. The fourth-order valence-corrected chi connectivity index (χ4v) is 11.1. The van der Waals surface area contributed by atoms with Crippen LogP contribution in [-0.4, -0.2) is 59.3 Å². The summed E-state index contributed by atoms with van der Waals surface area (Å²) in [5.41, 5.74) is 17.1. The Kier molecular flexibility index (Phi) is 15.2. The lowest BCUT2D eigenvalue weighted by Gasteiger charge is -2.25. The Labute approximate surface area is 363 Å². The zero-order valence-corrected chi connectivity index (χ0v) is 38.4. The maximum absolute atomic E-state index is 12.9. The van der Waals surface area contributed by atoms with Crippen molar-refractivity contribution in [3.8, 4) is 0 Å². The first-order chi connectivity index (χ1) is 29.1. The van der Waals surface area contributed by atoms with E-state index < -0.39 is 30.8 Å². The van der Waals surface area contributed by atoms with Gasteiger partial charge in [-0.05, 0) is 120 Å². The second kappa shape index (κ2) is 19.8. The monoisotopic (exact) mass is 892 g/mol. The van der Waals surface area contributed by atoms with Gasteiger partial charge in [-0.15, -0.1) is 0 Å². The number of pyridine rings is 4. The number of aromatic nitrogens is 4. The smallest absolute Gasteiger partial charge is 0.275 e. The first-order valence-electron chi connectivity index (χ1n) is 21.0. The van der Waals surface area contributed by atoms with E-state index in [9.17, 15) is 36.0 Å². The van der Waals surface area contributed by atoms with Crippen molar-refractivity contribution in [1.29, 1.82) is 0 Å². The molecule has 2 aliphatic rings. The van der Waals surface area contributed by atoms with Crippen LogP contribution in [0.1, 0.15) is 96.3 Å². The fourth-order valence-electron chi connectivity index (χ4n) is 7.29. The largest absolute Gasteiger partial charge is 0.393 e. The van der Waals surface area contributed by atoms with E-state index in [2.05, 4.69) is 20.6 Å². The van der Waals surface area contributed by atoms with E-state index in [4.69, 9.17) is 11.5 Å². The second-order valence-corrected chi connectivity index (χ2v) is 20.7. The topological polar surface area (TPSA) is 248 Å². The highest BCUT2D eigenvalue weighted by Crippen LogP contribution is 2.33. The van der Waals surface area contributed by atoms with E-state index in [0.717, 1.165) is 71.6 Å². The first-order valence-corrected chi connectivity index (χ1v) is 24.3. The summed E-state index contributed by atoms with van der Waals surface area (Å²) in [7, 11) is -7.28. The molecule has 0 atom stereocenters. The molecular weight excluding hydrogens is 833 g/mol. The lowest BCUT2D eigenvalue weighted by Crippen LogP contribution is -2.35. The summed E-state index contributed by atoms with van der Waals surface area (Å²) in [5.74, 6) is -0.437. The van der Waals surface area contributed by atoms with Gasteiger partial charge in [-0.3, -0.25) is 29.1 Å². The van der Waals surface area contributed by atoms with E-state index >= 15 is 0 Å². The van der Waals surface area contributed by atoms with Gasteiger partial charge in [-0.25, -0.2) is 16.8 Å². The van der Waals surface area contributed by atoms with Gasteiger partial charge in [0.2, 0.25) is 11.8 Å². The molecule has 62 heavy (non-hydrogen) atoms. The highest BCUT2D eigenvalue weighted by molar-refractivity contribution is 7.91. The number of nitrogens with one attached hydrogen (secondary N) is 2. The first kappa shape index (κ1) is 47.7. The van der Waals surface area contributed by atoms with Crippen LogP contribution in [0, 0.1) is 53.4 Å². The van der Waals surface area contributed by atoms with Gasteiger partial charge in [0.25, 0.3) is 11.1 Å². The minimum atomic E-state index is -3.65. The summed E-state index contributed by atoms with van der Waals surface area (Å²) < 4.78 is 53.4. The van der Waals surface area contributed by atoms with Crippen molar-refractivity contribution in [3.05, 3.63) is 102 Å².